The van der Waals surface area contributed by atoms with Crippen molar-refractivity contribution in [1.82, 2.24) is 9.97 Å². The molecule has 8 heteroatoms. The fourth-order valence-corrected chi connectivity index (χ4v) is 3.35. The summed E-state index contributed by atoms with van der Waals surface area (Å²) in [5.74, 6) is 0.702. The fraction of sp³-hybridized carbons (Fsp3) is 0.312. The van der Waals surface area contributed by atoms with Crippen molar-refractivity contribution >= 4 is 23.5 Å². The number of thioether (sulfide) groups is 1. The molecule has 0 unspecified atom stereocenters. The first kappa shape index (κ1) is 16.4. The Morgan fingerprint density at radius 2 is 2.21 bits per heavy atom. The number of carbonyl (C=O) groups excluding carboxylic acids is 1. The lowest BCUT2D eigenvalue weighted by atomic mass is 9.86. The van der Waals surface area contributed by atoms with Crippen LogP contribution in [-0.2, 0) is 4.79 Å². The second kappa shape index (κ2) is 6.56. The third kappa shape index (κ3) is 2.96. The molecule has 24 heavy (non-hydrogen) atoms. The van der Waals surface area contributed by atoms with Crippen LogP contribution in [0.4, 0.5) is 5.82 Å². The van der Waals surface area contributed by atoms with Crippen molar-refractivity contribution in [3.05, 3.63) is 39.7 Å². The largest absolute Gasteiger partial charge is 0.504 e. The number of benzene rings is 1. The summed E-state index contributed by atoms with van der Waals surface area (Å²) >= 11 is 1.40. The number of ether oxygens (including phenoxy) is 1. The number of phenols is 1. The number of fused-ring (bicyclic) bond motifs is 1. The number of aromatic amines is 1. The number of nitrogens with zero attached hydrogens (tertiary/aromatic N) is 1. The topological polar surface area (TPSA) is 104 Å². The zero-order valence-electron chi connectivity index (χ0n) is 13.3. The summed E-state index contributed by atoms with van der Waals surface area (Å²) in [5.41, 5.74) is 0.861. The number of rotatable bonds is 4. The minimum absolute atomic E-state index is 0.00321. The van der Waals surface area contributed by atoms with Gasteiger partial charge in [0.1, 0.15) is 5.82 Å². The average molecular weight is 347 g/mol. The molecule has 3 rings (SSSR count). The third-order valence-electron chi connectivity index (χ3n) is 3.82. The molecule has 126 valence electrons. The molecule has 2 aromatic rings. The SMILES string of the molecule is CCSc1nc2c(c(=O)[nH]1)[C@@H](c1ccc(O)c(OC)c1)CC(=O)N2. The van der Waals surface area contributed by atoms with Gasteiger partial charge in [0, 0.05) is 12.3 Å². The summed E-state index contributed by atoms with van der Waals surface area (Å²) in [6.07, 6.45) is 0.131. The number of phenolic OH excluding ortho intramolecular Hbond substituents is 1. The predicted octanol–water partition coefficient (Wildman–Crippen LogP) is 2.07. The highest BCUT2D eigenvalue weighted by Crippen LogP contribution is 2.37. The van der Waals surface area contributed by atoms with Gasteiger partial charge in [-0.2, -0.15) is 0 Å². The van der Waals surface area contributed by atoms with Crippen LogP contribution >= 0.6 is 11.8 Å². The predicted molar refractivity (Wildman–Crippen MR) is 91.0 cm³/mol. The Bertz CT molecular complexity index is 850. The number of hydrogen-bond donors (Lipinski definition) is 3. The van der Waals surface area contributed by atoms with Crippen LogP contribution in [0.3, 0.4) is 0 Å². The highest BCUT2D eigenvalue weighted by molar-refractivity contribution is 7.99. The molecule has 7 nitrogen and oxygen atoms in total. The van der Waals surface area contributed by atoms with E-state index in [1.165, 1.54) is 24.9 Å². The minimum atomic E-state index is -0.444. The summed E-state index contributed by atoms with van der Waals surface area (Å²) in [7, 11) is 1.45. The molecule has 0 saturated carbocycles. The molecular weight excluding hydrogens is 330 g/mol. The number of carbonyl (C=O) groups is 1. The first-order valence-corrected chi connectivity index (χ1v) is 8.45. The van der Waals surface area contributed by atoms with E-state index >= 15 is 0 Å². The number of aromatic nitrogens is 2. The summed E-state index contributed by atoms with van der Waals surface area (Å²) in [6, 6.07) is 4.80. The lowest BCUT2D eigenvalue weighted by Gasteiger charge is -2.24. The number of amides is 1. The van der Waals surface area contributed by atoms with Crippen LogP contribution in [-0.4, -0.2) is 33.8 Å². The molecular formula is C16H17N3O4S. The number of aromatic hydroxyl groups is 1. The van der Waals surface area contributed by atoms with Gasteiger partial charge in [0.05, 0.1) is 12.7 Å². The summed E-state index contributed by atoms with van der Waals surface area (Å²) in [6.45, 7) is 1.95. The minimum Gasteiger partial charge on any atom is -0.504 e. The van der Waals surface area contributed by atoms with Gasteiger partial charge >= 0.3 is 0 Å². The molecule has 3 N–H and O–H groups in total. The van der Waals surface area contributed by atoms with Gasteiger partial charge in [-0.05, 0) is 23.4 Å². The third-order valence-corrected chi connectivity index (χ3v) is 4.57. The second-order valence-electron chi connectivity index (χ2n) is 5.30. The van der Waals surface area contributed by atoms with Gasteiger partial charge in [-0.1, -0.05) is 24.8 Å². The van der Waals surface area contributed by atoms with E-state index in [9.17, 15) is 14.7 Å². The van der Waals surface area contributed by atoms with E-state index in [-0.39, 0.29) is 23.6 Å². The van der Waals surface area contributed by atoms with Gasteiger partial charge < -0.3 is 20.1 Å². The molecule has 2 heterocycles. The van der Waals surface area contributed by atoms with Gasteiger partial charge in [-0.15, -0.1) is 0 Å². The first-order valence-electron chi connectivity index (χ1n) is 7.47. The molecule has 1 aromatic heterocycles. The molecule has 0 spiro atoms. The quantitative estimate of drug-likeness (QED) is 0.578. The number of H-pyrrole nitrogens is 1. The van der Waals surface area contributed by atoms with E-state index in [1.54, 1.807) is 12.1 Å². The Balaban J connectivity index is 2.12. The van der Waals surface area contributed by atoms with Crippen LogP contribution in [0.15, 0.2) is 28.2 Å². The number of anilines is 1. The van der Waals surface area contributed by atoms with Crippen molar-refractivity contribution in [3.8, 4) is 11.5 Å². The summed E-state index contributed by atoms with van der Waals surface area (Å²) in [4.78, 5) is 31.7. The van der Waals surface area contributed by atoms with Crippen LogP contribution in [0.25, 0.3) is 0 Å². The van der Waals surface area contributed by atoms with Gasteiger partial charge in [-0.3, -0.25) is 9.59 Å². The van der Waals surface area contributed by atoms with Crippen LogP contribution in [0.1, 0.15) is 30.4 Å². The Morgan fingerprint density at radius 1 is 1.42 bits per heavy atom. The molecule has 0 aliphatic carbocycles. The average Bonchev–Trinajstić information content (AvgIpc) is 2.54. The Labute approximate surface area is 142 Å². The molecule has 0 bridgehead atoms. The maximum Gasteiger partial charge on any atom is 0.257 e. The maximum absolute atomic E-state index is 12.5. The fourth-order valence-electron chi connectivity index (χ4n) is 2.75. The Morgan fingerprint density at radius 3 is 2.92 bits per heavy atom. The molecule has 1 atom stereocenters. The Kier molecular flexibility index (Phi) is 4.48. The van der Waals surface area contributed by atoms with Gasteiger partial charge in [0.2, 0.25) is 5.91 Å². The standard InChI is InChI=1S/C16H17N3O4S/c1-3-24-16-18-14-13(15(22)19-16)9(7-12(21)17-14)8-4-5-10(20)11(6-8)23-2/h4-6,9,20H,3,7H2,1-2H3,(H2,17,18,19,21,22)/t9-/m1/s1. The molecule has 0 fully saturated rings. The number of hydrogen-bond acceptors (Lipinski definition) is 6. The number of methoxy groups -OCH3 is 1. The highest BCUT2D eigenvalue weighted by atomic mass is 32.2. The van der Waals surface area contributed by atoms with E-state index in [1.807, 2.05) is 6.92 Å². The summed E-state index contributed by atoms with van der Waals surface area (Å²) < 4.78 is 5.12. The lowest BCUT2D eigenvalue weighted by molar-refractivity contribution is -0.116. The van der Waals surface area contributed by atoms with Crippen molar-refractivity contribution in [1.29, 1.82) is 0 Å². The van der Waals surface area contributed by atoms with Crippen LogP contribution in [0, 0.1) is 0 Å². The lowest BCUT2D eigenvalue weighted by Crippen LogP contribution is -2.31. The molecule has 1 aromatic carbocycles. The zero-order chi connectivity index (χ0) is 17.3. The molecule has 0 radical (unpaired) electrons. The van der Waals surface area contributed by atoms with E-state index in [2.05, 4.69) is 15.3 Å². The van der Waals surface area contributed by atoms with Gasteiger partial charge in [0.25, 0.3) is 5.56 Å². The van der Waals surface area contributed by atoms with E-state index in [4.69, 9.17) is 4.74 Å². The molecule has 1 aliphatic heterocycles. The highest BCUT2D eigenvalue weighted by Gasteiger charge is 2.31. The van der Waals surface area contributed by atoms with Crippen LogP contribution in [0.2, 0.25) is 0 Å². The molecule has 1 amide bonds. The molecule has 1 aliphatic rings. The zero-order valence-corrected chi connectivity index (χ0v) is 14.1. The maximum atomic E-state index is 12.5. The Hall–Kier alpha value is -2.48. The first-order chi connectivity index (χ1) is 11.5. The van der Waals surface area contributed by atoms with E-state index < -0.39 is 5.92 Å². The van der Waals surface area contributed by atoms with Crippen LogP contribution in [0.5, 0.6) is 11.5 Å². The molecule has 0 saturated heterocycles. The normalized spacial score (nSPS) is 16.4. The van der Waals surface area contributed by atoms with Gasteiger partial charge in [0.15, 0.2) is 16.7 Å². The smallest absolute Gasteiger partial charge is 0.257 e. The van der Waals surface area contributed by atoms with Crippen molar-refractivity contribution in [2.45, 2.75) is 24.4 Å². The van der Waals surface area contributed by atoms with E-state index in [0.29, 0.717) is 27.9 Å². The van der Waals surface area contributed by atoms with Crippen LogP contribution < -0.4 is 15.6 Å². The van der Waals surface area contributed by atoms with Crippen molar-refractivity contribution in [2.75, 3.05) is 18.2 Å². The number of nitrogens with one attached hydrogen (secondary N) is 2. The summed E-state index contributed by atoms with van der Waals surface area (Å²) in [5, 5.41) is 12.9. The van der Waals surface area contributed by atoms with Crippen molar-refractivity contribution in [2.24, 2.45) is 0 Å². The van der Waals surface area contributed by atoms with E-state index in [0.717, 1.165) is 5.75 Å². The van der Waals surface area contributed by atoms with Crippen molar-refractivity contribution < 1.29 is 14.6 Å². The van der Waals surface area contributed by atoms with Gasteiger partial charge in [-0.25, -0.2) is 4.98 Å². The monoisotopic (exact) mass is 347 g/mol. The van der Waals surface area contributed by atoms with Crippen molar-refractivity contribution in [3.63, 3.8) is 0 Å². The second-order valence-corrected chi connectivity index (χ2v) is 6.56.